The number of hydrogen-bond donors (Lipinski definition) is 0. The van der Waals surface area contributed by atoms with E-state index in [-0.39, 0.29) is 11.4 Å². The van der Waals surface area contributed by atoms with Gasteiger partial charge in [-0.15, -0.1) is 0 Å². The van der Waals surface area contributed by atoms with Crippen molar-refractivity contribution in [1.29, 1.82) is 0 Å². The Morgan fingerprint density at radius 3 is 2.77 bits per heavy atom. The lowest BCUT2D eigenvalue weighted by atomic mass is 9.73. The van der Waals surface area contributed by atoms with Gasteiger partial charge >= 0.3 is 6.03 Å². The molecule has 0 unspecified atom stereocenters. The number of halogens is 1. The van der Waals surface area contributed by atoms with E-state index in [1.165, 1.54) is 6.07 Å². The van der Waals surface area contributed by atoms with Crippen molar-refractivity contribution in [1.82, 2.24) is 14.9 Å². The molecule has 8 heteroatoms. The van der Waals surface area contributed by atoms with E-state index in [2.05, 4.69) is 14.9 Å². The molecule has 0 N–H and O–H groups in total. The summed E-state index contributed by atoms with van der Waals surface area (Å²) in [6.07, 6.45) is 4.88. The zero-order valence-electron chi connectivity index (χ0n) is 14.1. The molecular formula is C18H18FN5O2. The summed E-state index contributed by atoms with van der Waals surface area (Å²) < 4.78 is 18.5. The van der Waals surface area contributed by atoms with E-state index in [9.17, 15) is 9.18 Å². The molecule has 0 aliphatic carbocycles. The van der Waals surface area contributed by atoms with Gasteiger partial charge in [0.2, 0.25) is 5.95 Å². The molecule has 5 rings (SSSR count). The number of nitrogens with zero attached hydrogens (tertiary/aromatic N) is 5. The first-order valence-electron chi connectivity index (χ1n) is 8.63. The summed E-state index contributed by atoms with van der Waals surface area (Å²) in [6.45, 7) is 4.26. The van der Waals surface area contributed by atoms with E-state index >= 15 is 0 Å². The lowest BCUT2D eigenvalue weighted by Gasteiger charge is -2.61. The third kappa shape index (κ3) is 2.36. The Morgan fingerprint density at radius 2 is 2.00 bits per heavy atom. The molecule has 0 radical (unpaired) electrons. The quantitative estimate of drug-likeness (QED) is 0.730. The van der Waals surface area contributed by atoms with E-state index in [1.807, 2.05) is 11.0 Å². The molecule has 2 aromatic heterocycles. The third-order valence-corrected chi connectivity index (χ3v) is 5.31. The average molecular weight is 355 g/mol. The van der Waals surface area contributed by atoms with Crippen LogP contribution in [0.1, 0.15) is 0 Å². The van der Waals surface area contributed by atoms with Gasteiger partial charge < -0.3 is 14.5 Å². The topological polar surface area (TPSA) is 61.8 Å². The highest BCUT2D eigenvalue weighted by atomic mass is 19.1. The Hall–Kier alpha value is -2.90. The highest BCUT2D eigenvalue weighted by Crippen LogP contribution is 2.43. The van der Waals surface area contributed by atoms with Gasteiger partial charge in [-0.05, 0) is 18.2 Å². The maximum Gasteiger partial charge on any atom is 0.324 e. The van der Waals surface area contributed by atoms with Crippen LogP contribution in [0.25, 0.3) is 0 Å². The number of anilines is 2. The summed E-state index contributed by atoms with van der Waals surface area (Å²) in [7, 11) is 0. The molecule has 2 aromatic rings. The van der Waals surface area contributed by atoms with Crippen LogP contribution in [-0.2, 0) is 0 Å². The normalized spacial score (nSPS) is 20.1. The minimum atomic E-state index is -0.467. The molecule has 1 spiro atoms. The second-order valence-electron chi connectivity index (χ2n) is 7.18. The highest BCUT2D eigenvalue weighted by molar-refractivity contribution is 5.94. The number of fused-ring (bicyclic) bond motifs is 1. The number of pyridine rings is 2. The second-order valence-corrected chi connectivity index (χ2v) is 7.18. The number of aromatic nitrogens is 2. The van der Waals surface area contributed by atoms with Crippen molar-refractivity contribution < 1.29 is 13.9 Å². The van der Waals surface area contributed by atoms with Crippen LogP contribution in [0, 0.1) is 11.4 Å². The van der Waals surface area contributed by atoms with Crippen LogP contribution in [0.3, 0.4) is 0 Å². The molecule has 3 aliphatic heterocycles. The van der Waals surface area contributed by atoms with Crippen LogP contribution in [0.2, 0.25) is 0 Å². The molecule has 5 heterocycles. The number of carbonyl (C=O) groups is 1. The molecule has 0 aromatic carbocycles. The number of urea groups is 1. The van der Waals surface area contributed by atoms with E-state index in [0.717, 1.165) is 37.6 Å². The van der Waals surface area contributed by atoms with Gasteiger partial charge in [0.15, 0.2) is 5.75 Å². The predicted octanol–water partition coefficient (Wildman–Crippen LogP) is 1.76. The molecule has 0 saturated carbocycles. The van der Waals surface area contributed by atoms with Crippen molar-refractivity contribution in [2.45, 2.75) is 0 Å². The number of rotatable bonds is 1. The predicted molar refractivity (Wildman–Crippen MR) is 92.9 cm³/mol. The summed E-state index contributed by atoms with van der Waals surface area (Å²) in [6, 6.07) is 4.96. The lowest BCUT2D eigenvalue weighted by molar-refractivity contribution is 0.00965. The number of carbonyl (C=O) groups excluding carboxylic acids is 1. The highest BCUT2D eigenvalue weighted by Gasteiger charge is 2.54. The SMILES string of the molecule is O=C(N1CC2(C1)CN(c1ccc(F)nc1)C2)N1CCOc2cnccc21. The van der Waals surface area contributed by atoms with E-state index in [4.69, 9.17) is 4.74 Å². The Labute approximate surface area is 150 Å². The fourth-order valence-electron chi connectivity index (χ4n) is 4.04. The minimum Gasteiger partial charge on any atom is -0.488 e. The third-order valence-electron chi connectivity index (χ3n) is 5.31. The molecule has 26 heavy (non-hydrogen) atoms. The second kappa shape index (κ2) is 5.55. The zero-order valence-corrected chi connectivity index (χ0v) is 14.1. The van der Waals surface area contributed by atoms with Gasteiger partial charge in [-0.25, -0.2) is 9.78 Å². The van der Waals surface area contributed by atoms with Crippen molar-refractivity contribution in [3.63, 3.8) is 0 Å². The van der Waals surface area contributed by atoms with Crippen LogP contribution in [0.15, 0.2) is 36.8 Å². The Balaban J connectivity index is 1.22. The molecule has 134 valence electrons. The van der Waals surface area contributed by atoms with Gasteiger partial charge in [-0.2, -0.15) is 4.39 Å². The van der Waals surface area contributed by atoms with E-state index in [0.29, 0.717) is 18.9 Å². The van der Waals surface area contributed by atoms with Gasteiger partial charge in [-0.1, -0.05) is 0 Å². The minimum absolute atomic E-state index is 0.0215. The smallest absolute Gasteiger partial charge is 0.324 e. The van der Waals surface area contributed by atoms with Gasteiger partial charge in [0.25, 0.3) is 0 Å². The van der Waals surface area contributed by atoms with E-state index < -0.39 is 5.95 Å². The summed E-state index contributed by atoms with van der Waals surface area (Å²) in [5.74, 6) is 0.186. The molecule has 7 nitrogen and oxygen atoms in total. The molecule has 0 bridgehead atoms. The first-order valence-corrected chi connectivity index (χ1v) is 8.63. The fourth-order valence-corrected chi connectivity index (χ4v) is 4.04. The number of hydrogen-bond acceptors (Lipinski definition) is 5. The number of ether oxygens (including phenoxy) is 1. The maximum absolute atomic E-state index is 12.9. The number of likely N-dealkylation sites (tertiary alicyclic amines) is 1. The molecule has 3 aliphatic rings. The van der Waals surface area contributed by atoms with Crippen LogP contribution in [-0.4, -0.2) is 60.2 Å². The largest absolute Gasteiger partial charge is 0.488 e. The van der Waals surface area contributed by atoms with Crippen LogP contribution in [0.4, 0.5) is 20.6 Å². The lowest BCUT2D eigenvalue weighted by Crippen LogP contribution is -2.74. The summed E-state index contributed by atoms with van der Waals surface area (Å²) >= 11 is 0. The average Bonchev–Trinajstić information content (AvgIpc) is 2.60. The summed E-state index contributed by atoms with van der Waals surface area (Å²) in [5.41, 5.74) is 1.86. The standard InChI is InChI=1S/C18H18FN5O2/c19-16-2-1-13(7-21-16)22-9-18(10-22)11-23(12-18)17(25)24-5-6-26-15-8-20-4-3-14(15)24/h1-4,7-8H,5-6,9-12H2. The molecule has 2 amide bonds. The first-order chi connectivity index (χ1) is 12.6. The van der Waals surface area contributed by atoms with Crippen LogP contribution >= 0.6 is 0 Å². The summed E-state index contributed by atoms with van der Waals surface area (Å²) in [4.78, 5) is 26.4. The number of amides is 2. The Kier molecular flexibility index (Phi) is 3.28. The van der Waals surface area contributed by atoms with Gasteiger partial charge in [-0.3, -0.25) is 9.88 Å². The van der Waals surface area contributed by atoms with Crippen molar-refractivity contribution in [3.05, 3.63) is 42.7 Å². The first kappa shape index (κ1) is 15.4. The van der Waals surface area contributed by atoms with Crippen LogP contribution < -0.4 is 14.5 Å². The van der Waals surface area contributed by atoms with Crippen LogP contribution in [0.5, 0.6) is 5.75 Å². The molecule has 2 fully saturated rings. The van der Waals surface area contributed by atoms with Gasteiger partial charge in [0.1, 0.15) is 6.61 Å². The molecular weight excluding hydrogens is 337 g/mol. The Bertz CT molecular complexity index is 845. The van der Waals surface area contributed by atoms with Gasteiger partial charge in [0.05, 0.1) is 30.3 Å². The van der Waals surface area contributed by atoms with Crippen molar-refractivity contribution >= 4 is 17.4 Å². The van der Waals surface area contributed by atoms with Gasteiger partial charge in [0, 0.05) is 37.8 Å². The van der Waals surface area contributed by atoms with E-state index in [1.54, 1.807) is 29.6 Å². The summed E-state index contributed by atoms with van der Waals surface area (Å²) in [5, 5.41) is 0. The molecule has 0 atom stereocenters. The zero-order chi connectivity index (χ0) is 17.7. The van der Waals surface area contributed by atoms with Crippen molar-refractivity contribution in [3.8, 4) is 5.75 Å². The Morgan fingerprint density at radius 1 is 1.15 bits per heavy atom. The maximum atomic E-state index is 12.9. The monoisotopic (exact) mass is 355 g/mol. The van der Waals surface area contributed by atoms with Crippen molar-refractivity contribution in [2.24, 2.45) is 5.41 Å². The van der Waals surface area contributed by atoms with Crippen molar-refractivity contribution in [2.75, 3.05) is 49.1 Å². The molecule has 2 saturated heterocycles. The fraction of sp³-hybridized carbons (Fsp3) is 0.389.